The van der Waals surface area contributed by atoms with Gasteiger partial charge in [-0.15, -0.1) is 0 Å². The number of ketones is 2. The Bertz CT molecular complexity index is 2070. The van der Waals surface area contributed by atoms with Crippen molar-refractivity contribution < 1.29 is 19.1 Å². The van der Waals surface area contributed by atoms with Gasteiger partial charge >= 0.3 is 0 Å². The molecule has 4 bridgehead atoms. The summed E-state index contributed by atoms with van der Waals surface area (Å²) >= 11 is 0. The lowest BCUT2D eigenvalue weighted by Gasteiger charge is -2.34. The van der Waals surface area contributed by atoms with Crippen LogP contribution in [0.1, 0.15) is 220 Å². The molecule has 1 aliphatic carbocycles. The maximum absolute atomic E-state index is 14.9. The fourth-order valence-electron chi connectivity index (χ4n) is 11.9. The number of ether oxygens (including phenoxy) is 2. The molecule has 1 saturated heterocycles. The first-order chi connectivity index (χ1) is 30.5. The molecular weight excluding hydrogens is 761 g/mol. The number of Topliss-reactive ketones (excluding diaryl/α,β-unsaturated/α-hetero) is 2. The zero-order chi connectivity index (χ0) is 42.5. The molecule has 0 saturated carbocycles. The Hall–Kier alpha value is -4.12. The van der Waals surface area contributed by atoms with Crippen LogP contribution in [-0.4, -0.2) is 11.6 Å². The molecule has 4 unspecified atom stereocenters. The van der Waals surface area contributed by atoms with E-state index in [-0.39, 0.29) is 11.6 Å². The molecule has 326 valence electrons. The van der Waals surface area contributed by atoms with E-state index in [1.165, 1.54) is 127 Å². The second-order valence-corrected chi connectivity index (χ2v) is 19.5. The summed E-state index contributed by atoms with van der Waals surface area (Å²) in [7, 11) is 0. The summed E-state index contributed by atoms with van der Waals surface area (Å²) in [6.07, 6.45) is 31.6. The molecule has 4 aromatic rings. The highest BCUT2D eigenvalue weighted by atomic mass is 16.5. The van der Waals surface area contributed by atoms with Crippen LogP contribution in [0.2, 0.25) is 0 Å². The third kappa shape index (κ3) is 8.02. The lowest BCUT2D eigenvalue weighted by Crippen LogP contribution is -2.40. The van der Waals surface area contributed by atoms with Crippen molar-refractivity contribution in [3.05, 3.63) is 153 Å². The van der Waals surface area contributed by atoms with Crippen molar-refractivity contribution in [2.24, 2.45) is 11.8 Å². The van der Waals surface area contributed by atoms with Crippen molar-refractivity contribution in [3.8, 4) is 0 Å². The van der Waals surface area contributed by atoms with Gasteiger partial charge in [0.1, 0.15) is 11.2 Å². The third-order valence-corrected chi connectivity index (χ3v) is 15.3. The molecule has 4 nitrogen and oxygen atoms in total. The quantitative estimate of drug-likeness (QED) is 0.0521. The van der Waals surface area contributed by atoms with E-state index in [0.29, 0.717) is 11.1 Å². The van der Waals surface area contributed by atoms with Gasteiger partial charge in [-0.1, -0.05) is 190 Å². The topological polar surface area (TPSA) is 52.6 Å². The summed E-state index contributed by atoms with van der Waals surface area (Å²) in [4.78, 5) is 29.8. The summed E-state index contributed by atoms with van der Waals surface area (Å²) in [5.74, 6) is -0.827. The van der Waals surface area contributed by atoms with Gasteiger partial charge in [-0.25, -0.2) is 0 Å². The fourth-order valence-corrected chi connectivity index (χ4v) is 11.9. The largest absolute Gasteiger partial charge is 0.364 e. The SMILES string of the molecule is CCCCCCCCCCCCc1cc2c(cc1CCCCCCCCCCCC)C(=O)C1C(C2=O)[C@@H]2O[C@H]1c1cc3c(cc12)C1(c2ccccc2)C=CC3(c2ccccc2)O1. The average molecular weight is 831 g/mol. The molecule has 1 fully saturated rings. The molecule has 0 radical (unpaired) electrons. The number of hydrogen-bond donors (Lipinski definition) is 0. The molecule has 9 rings (SSSR count). The Morgan fingerprint density at radius 3 is 1.18 bits per heavy atom. The number of carbonyl (C=O) groups excluding carboxylic acids is 2. The third-order valence-electron chi connectivity index (χ3n) is 15.3. The van der Waals surface area contributed by atoms with Crippen LogP contribution >= 0.6 is 0 Å². The zero-order valence-electron chi connectivity index (χ0n) is 37.7. The Labute approximate surface area is 372 Å². The lowest BCUT2D eigenvalue weighted by molar-refractivity contribution is -0.0239. The molecule has 4 heterocycles. The highest BCUT2D eigenvalue weighted by Crippen LogP contribution is 2.65. The van der Waals surface area contributed by atoms with Crippen LogP contribution in [0.15, 0.2) is 97.1 Å². The van der Waals surface area contributed by atoms with E-state index in [9.17, 15) is 9.59 Å². The number of hydrogen-bond acceptors (Lipinski definition) is 4. The maximum atomic E-state index is 14.9. The first-order valence-corrected chi connectivity index (χ1v) is 25.1. The Morgan fingerprint density at radius 1 is 0.452 bits per heavy atom. The van der Waals surface area contributed by atoms with Crippen LogP contribution in [0.5, 0.6) is 0 Å². The van der Waals surface area contributed by atoms with Gasteiger partial charge in [0.25, 0.3) is 0 Å². The maximum Gasteiger partial charge on any atom is 0.170 e. The fraction of sp³-hybridized carbons (Fsp3) is 0.517. The van der Waals surface area contributed by atoms with Gasteiger partial charge < -0.3 is 9.47 Å². The highest BCUT2D eigenvalue weighted by Gasteiger charge is 2.63. The Balaban J connectivity index is 0.957. The lowest BCUT2D eigenvalue weighted by atomic mass is 9.64. The minimum Gasteiger partial charge on any atom is -0.364 e. The van der Waals surface area contributed by atoms with E-state index in [4.69, 9.17) is 9.47 Å². The average Bonchev–Trinajstić information content (AvgIpc) is 4.08. The van der Waals surface area contributed by atoms with E-state index >= 15 is 0 Å². The molecule has 6 atom stereocenters. The summed E-state index contributed by atoms with van der Waals surface area (Å²) < 4.78 is 14.1. The van der Waals surface area contributed by atoms with Gasteiger partial charge in [-0.2, -0.15) is 0 Å². The summed E-state index contributed by atoms with van der Waals surface area (Å²) in [6, 6.07) is 29.8. The Kier molecular flexibility index (Phi) is 13.4. The van der Waals surface area contributed by atoms with E-state index in [1.54, 1.807) is 0 Å². The molecule has 4 aliphatic heterocycles. The predicted octanol–water partition coefficient (Wildman–Crippen LogP) is 15.1. The minimum atomic E-state index is -0.754. The molecule has 0 amide bonds. The number of aryl methyl sites for hydroxylation is 2. The molecule has 4 heteroatoms. The van der Waals surface area contributed by atoms with Gasteiger partial charge in [-0.05, 0) is 107 Å². The number of unbranched alkanes of at least 4 members (excludes halogenated alkanes) is 18. The molecule has 4 aromatic carbocycles. The van der Waals surface area contributed by atoms with Crippen molar-refractivity contribution in [1.29, 1.82) is 0 Å². The zero-order valence-corrected chi connectivity index (χ0v) is 37.7. The second-order valence-electron chi connectivity index (χ2n) is 19.5. The molecular formula is C58H70O4. The van der Waals surface area contributed by atoms with E-state index in [1.807, 2.05) is 12.1 Å². The number of rotatable bonds is 24. The van der Waals surface area contributed by atoms with Crippen LogP contribution in [0.4, 0.5) is 0 Å². The smallest absolute Gasteiger partial charge is 0.170 e. The molecule has 5 aliphatic rings. The molecule has 0 spiro atoms. The van der Waals surface area contributed by atoms with Crippen LogP contribution in [0, 0.1) is 11.8 Å². The van der Waals surface area contributed by atoms with Crippen molar-refractivity contribution in [2.75, 3.05) is 0 Å². The van der Waals surface area contributed by atoms with Crippen molar-refractivity contribution in [2.45, 2.75) is 179 Å². The number of carbonyl (C=O) groups is 2. The second kappa shape index (κ2) is 19.3. The standard InChI is InChI=1S/C58H70O4/c1-3-5-7-9-11-13-15-17-19-23-29-41-37-45-46(38-42(41)30-24-20-18-16-14-12-10-8-6-4-2)54(60)52-51(53(45)59)55-47-39-49-50(40-48(47)56(52)61-55)58(44-33-27-22-28-34-44)36-35-57(49,62-58)43-31-25-21-26-32-43/h21-22,25-28,31-40,51-52,55-56H,3-20,23-24,29-30H2,1-2H3/t51?,52?,55-,56+,57?,58?. The minimum absolute atomic E-state index is 0.0919. The first-order valence-electron chi connectivity index (χ1n) is 25.1. The molecule has 0 aromatic heterocycles. The van der Waals surface area contributed by atoms with Gasteiger partial charge in [0.2, 0.25) is 0 Å². The van der Waals surface area contributed by atoms with Crippen molar-refractivity contribution in [1.82, 2.24) is 0 Å². The van der Waals surface area contributed by atoms with Gasteiger partial charge in [0.05, 0.1) is 24.0 Å². The van der Waals surface area contributed by atoms with Crippen LogP contribution < -0.4 is 0 Å². The monoisotopic (exact) mass is 831 g/mol. The highest BCUT2D eigenvalue weighted by molar-refractivity contribution is 6.17. The summed E-state index contributed by atoms with van der Waals surface area (Å²) in [5.41, 5.74) is 8.80. The van der Waals surface area contributed by atoms with Crippen molar-refractivity contribution >= 4 is 11.6 Å². The number of fused-ring (bicyclic) bond motifs is 14. The van der Waals surface area contributed by atoms with E-state index in [0.717, 1.165) is 59.1 Å². The van der Waals surface area contributed by atoms with Crippen LogP contribution in [-0.2, 0) is 33.5 Å². The van der Waals surface area contributed by atoms with Gasteiger partial charge in [0, 0.05) is 11.1 Å². The number of benzene rings is 4. The summed E-state index contributed by atoms with van der Waals surface area (Å²) in [6.45, 7) is 4.56. The molecule has 0 N–H and O–H groups in total. The van der Waals surface area contributed by atoms with Crippen LogP contribution in [0.3, 0.4) is 0 Å². The van der Waals surface area contributed by atoms with E-state index < -0.39 is 35.2 Å². The van der Waals surface area contributed by atoms with Crippen LogP contribution in [0.25, 0.3) is 0 Å². The summed E-state index contributed by atoms with van der Waals surface area (Å²) in [5, 5.41) is 0. The predicted molar refractivity (Wildman–Crippen MR) is 251 cm³/mol. The molecule has 62 heavy (non-hydrogen) atoms. The van der Waals surface area contributed by atoms with E-state index in [2.05, 4.69) is 98.8 Å². The Morgan fingerprint density at radius 2 is 0.806 bits per heavy atom. The van der Waals surface area contributed by atoms with Gasteiger partial charge in [0.15, 0.2) is 11.6 Å². The normalized spacial score (nSPS) is 24.7. The first kappa shape index (κ1) is 43.1. The van der Waals surface area contributed by atoms with Gasteiger partial charge in [-0.3, -0.25) is 9.59 Å². The van der Waals surface area contributed by atoms with Crippen molar-refractivity contribution in [3.63, 3.8) is 0 Å².